The van der Waals surface area contributed by atoms with Crippen LogP contribution in [0.5, 0.6) is 5.75 Å². The van der Waals surface area contributed by atoms with E-state index < -0.39 is 6.61 Å². The lowest BCUT2D eigenvalue weighted by Gasteiger charge is -2.07. The molecule has 16 heavy (non-hydrogen) atoms. The number of halogens is 2. The van der Waals surface area contributed by atoms with Gasteiger partial charge in [0.15, 0.2) is 0 Å². The standard InChI is InChI=1S/C11H12F2N2O/c12-11(13)16-9-5-3-8(4-6-9)15-10-2-1-7-14-10/h3-6,11H,1-2,7H2,(H,14,15). The number of rotatable bonds is 3. The van der Waals surface area contributed by atoms with Crippen molar-refractivity contribution in [3.8, 4) is 5.75 Å². The van der Waals surface area contributed by atoms with Crippen molar-refractivity contribution in [2.75, 3.05) is 11.9 Å². The van der Waals surface area contributed by atoms with Gasteiger partial charge in [0.05, 0.1) is 0 Å². The maximum absolute atomic E-state index is 11.9. The minimum atomic E-state index is -2.78. The molecule has 5 heteroatoms. The van der Waals surface area contributed by atoms with Gasteiger partial charge >= 0.3 is 6.61 Å². The normalized spacial score (nSPS) is 15.1. The van der Waals surface area contributed by atoms with E-state index >= 15 is 0 Å². The van der Waals surface area contributed by atoms with E-state index in [4.69, 9.17) is 0 Å². The molecular weight excluding hydrogens is 214 g/mol. The third kappa shape index (κ3) is 2.92. The Bertz CT molecular complexity index is 376. The lowest BCUT2D eigenvalue weighted by molar-refractivity contribution is -0.0498. The number of nitrogens with one attached hydrogen (secondary N) is 1. The molecule has 0 saturated heterocycles. The number of benzene rings is 1. The lowest BCUT2D eigenvalue weighted by Crippen LogP contribution is -2.08. The van der Waals surface area contributed by atoms with Crippen LogP contribution in [-0.4, -0.2) is 19.0 Å². The molecule has 0 saturated carbocycles. The first-order valence-corrected chi connectivity index (χ1v) is 5.09. The largest absolute Gasteiger partial charge is 0.435 e. The van der Waals surface area contributed by atoms with Crippen LogP contribution in [0.1, 0.15) is 12.8 Å². The molecule has 3 nitrogen and oxygen atoms in total. The van der Waals surface area contributed by atoms with E-state index in [1.165, 1.54) is 12.1 Å². The van der Waals surface area contributed by atoms with Gasteiger partial charge < -0.3 is 10.1 Å². The highest BCUT2D eigenvalue weighted by Crippen LogP contribution is 2.18. The molecule has 0 spiro atoms. The molecule has 1 aromatic carbocycles. The molecule has 0 aromatic heterocycles. The fourth-order valence-corrected chi connectivity index (χ4v) is 1.53. The van der Waals surface area contributed by atoms with Gasteiger partial charge in [-0.3, -0.25) is 4.99 Å². The van der Waals surface area contributed by atoms with Crippen LogP contribution in [0.25, 0.3) is 0 Å². The van der Waals surface area contributed by atoms with E-state index in [1.807, 2.05) is 0 Å². The van der Waals surface area contributed by atoms with Gasteiger partial charge in [-0.05, 0) is 30.7 Å². The topological polar surface area (TPSA) is 33.6 Å². The Morgan fingerprint density at radius 2 is 2.00 bits per heavy atom. The zero-order valence-electron chi connectivity index (χ0n) is 8.62. The van der Waals surface area contributed by atoms with Gasteiger partial charge in [-0.15, -0.1) is 0 Å². The predicted octanol–water partition coefficient (Wildman–Crippen LogP) is 2.89. The molecule has 1 aliphatic rings. The highest BCUT2D eigenvalue weighted by atomic mass is 19.3. The number of alkyl halides is 2. The van der Waals surface area contributed by atoms with E-state index in [0.29, 0.717) is 0 Å². The summed E-state index contributed by atoms with van der Waals surface area (Å²) in [5.41, 5.74) is 0.835. The Labute approximate surface area is 92.1 Å². The Hall–Kier alpha value is -1.65. The maximum Gasteiger partial charge on any atom is 0.387 e. The summed E-state index contributed by atoms with van der Waals surface area (Å²) in [5, 5.41) is 3.13. The van der Waals surface area contributed by atoms with Crippen LogP contribution in [0.15, 0.2) is 29.3 Å². The Morgan fingerprint density at radius 1 is 1.25 bits per heavy atom. The van der Waals surface area contributed by atoms with Crippen molar-refractivity contribution in [2.45, 2.75) is 19.5 Å². The number of hydrogen-bond acceptors (Lipinski definition) is 3. The monoisotopic (exact) mass is 226 g/mol. The quantitative estimate of drug-likeness (QED) is 0.859. The number of nitrogens with zero attached hydrogens (tertiary/aromatic N) is 1. The number of hydrogen-bond donors (Lipinski definition) is 1. The molecular formula is C11H12F2N2O. The van der Waals surface area contributed by atoms with E-state index in [2.05, 4.69) is 15.0 Å². The molecule has 86 valence electrons. The van der Waals surface area contributed by atoms with Crippen LogP contribution in [0, 0.1) is 0 Å². The molecule has 1 aromatic rings. The Balaban J connectivity index is 1.96. The zero-order valence-corrected chi connectivity index (χ0v) is 8.62. The second-order valence-corrected chi connectivity index (χ2v) is 3.46. The second-order valence-electron chi connectivity index (χ2n) is 3.46. The van der Waals surface area contributed by atoms with Crippen LogP contribution >= 0.6 is 0 Å². The zero-order chi connectivity index (χ0) is 11.4. The van der Waals surface area contributed by atoms with Crippen molar-refractivity contribution in [1.29, 1.82) is 0 Å². The van der Waals surface area contributed by atoms with E-state index in [1.54, 1.807) is 12.1 Å². The van der Waals surface area contributed by atoms with E-state index in [-0.39, 0.29) is 5.75 Å². The minimum absolute atomic E-state index is 0.161. The van der Waals surface area contributed by atoms with Gasteiger partial charge in [0, 0.05) is 18.7 Å². The SMILES string of the molecule is FC(F)Oc1ccc(NC2=NCCC2)cc1. The number of amidine groups is 1. The van der Waals surface area contributed by atoms with E-state index in [9.17, 15) is 8.78 Å². The second kappa shape index (κ2) is 4.92. The summed E-state index contributed by atoms with van der Waals surface area (Å²) in [6.07, 6.45) is 2.00. The van der Waals surface area contributed by atoms with Crippen molar-refractivity contribution in [2.24, 2.45) is 4.99 Å². The molecule has 0 radical (unpaired) electrons. The smallest absolute Gasteiger partial charge is 0.387 e. The van der Waals surface area contributed by atoms with Crippen LogP contribution < -0.4 is 10.1 Å². The summed E-state index contributed by atoms with van der Waals surface area (Å²) in [7, 11) is 0. The average Bonchev–Trinajstić information content (AvgIpc) is 2.73. The highest BCUT2D eigenvalue weighted by Gasteiger charge is 2.07. The predicted molar refractivity (Wildman–Crippen MR) is 58.2 cm³/mol. The van der Waals surface area contributed by atoms with Gasteiger partial charge in [0.1, 0.15) is 11.6 Å². The first kappa shape index (κ1) is 10.9. The molecule has 1 N–H and O–H groups in total. The fraction of sp³-hybridized carbons (Fsp3) is 0.364. The van der Waals surface area contributed by atoms with Gasteiger partial charge in [0.25, 0.3) is 0 Å². The summed E-state index contributed by atoms with van der Waals surface area (Å²) >= 11 is 0. The summed E-state index contributed by atoms with van der Waals surface area (Å²) in [6, 6.07) is 6.39. The first-order valence-electron chi connectivity index (χ1n) is 5.09. The van der Waals surface area contributed by atoms with Crippen LogP contribution in [0.2, 0.25) is 0 Å². The van der Waals surface area contributed by atoms with Crippen molar-refractivity contribution in [3.05, 3.63) is 24.3 Å². The molecule has 0 unspecified atom stereocenters. The third-order valence-corrected chi connectivity index (χ3v) is 2.24. The van der Waals surface area contributed by atoms with Gasteiger partial charge in [0.2, 0.25) is 0 Å². The number of anilines is 1. The molecule has 1 heterocycles. The Morgan fingerprint density at radius 3 is 2.56 bits per heavy atom. The van der Waals surface area contributed by atoms with Crippen molar-refractivity contribution < 1.29 is 13.5 Å². The minimum Gasteiger partial charge on any atom is -0.435 e. The average molecular weight is 226 g/mol. The maximum atomic E-state index is 11.9. The van der Waals surface area contributed by atoms with Gasteiger partial charge in [-0.25, -0.2) is 0 Å². The summed E-state index contributed by atoms with van der Waals surface area (Å²) < 4.78 is 28.0. The first-order chi connectivity index (χ1) is 7.74. The van der Waals surface area contributed by atoms with Crippen molar-refractivity contribution in [1.82, 2.24) is 0 Å². The Kier molecular flexibility index (Phi) is 3.34. The van der Waals surface area contributed by atoms with Gasteiger partial charge in [-0.1, -0.05) is 0 Å². The number of ether oxygens (including phenoxy) is 1. The van der Waals surface area contributed by atoms with Crippen molar-refractivity contribution in [3.63, 3.8) is 0 Å². The van der Waals surface area contributed by atoms with Crippen LogP contribution in [0.4, 0.5) is 14.5 Å². The van der Waals surface area contributed by atoms with Gasteiger partial charge in [-0.2, -0.15) is 8.78 Å². The summed E-state index contributed by atoms with van der Waals surface area (Å²) in [5.74, 6) is 1.11. The van der Waals surface area contributed by atoms with Crippen LogP contribution in [-0.2, 0) is 0 Å². The molecule has 0 bridgehead atoms. The molecule has 2 rings (SSSR count). The molecule has 0 aliphatic carbocycles. The highest BCUT2D eigenvalue weighted by molar-refractivity contribution is 5.96. The fourth-order valence-electron chi connectivity index (χ4n) is 1.53. The molecule has 0 atom stereocenters. The molecule has 0 fully saturated rings. The van der Waals surface area contributed by atoms with Crippen LogP contribution in [0.3, 0.4) is 0 Å². The molecule has 0 amide bonds. The van der Waals surface area contributed by atoms with Crippen molar-refractivity contribution >= 4 is 11.5 Å². The third-order valence-electron chi connectivity index (χ3n) is 2.24. The van der Waals surface area contributed by atoms with E-state index in [0.717, 1.165) is 30.9 Å². The number of aliphatic imine (C=N–C) groups is 1. The molecule has 1 aliphatic heterocycles. The lowest BCUT2D eigenvalue weighted by atomic mass is 10.3. The summed E-state index contributed by atoms with van der Waals surface area (Å²) in [4.78, 5) is 4.26. The summed E-state index contributed by atoms with van der Waals surface area (Å²) in [6.45, 7) is -1.92.